The number of carbonyl (C=O) groups excluding carboxylic acids is 1. The topological polar surface area (TPSA) is 101 Å². The average molecular weight is 511 g/mol. The van der Waals surface area contributed by atoms with Crippen molar-refractivity contribution in [1.82, 2.24) is 15.3 Å². The lowest BCUT2D eigenvalue weighted by molar-refractivity contribution is -0.137. The van der Waals surface area contributed by atoms with Crippen molar-refractivity contribution in [3.05, 3.63) is 64.9 Å². The standard InChI is InChI=1S/C22H21F3N4O3S2/c1-2-18(19-12-33-21(28-19)29-34(31,32)17-7-8-17)27-20(30)14-5-3-13(4-6-14)15-9-16(11-26-10-15)22(23,24)25/h3-6,9-12,17-18H,2,7-8H2,1H3,(H,27,30)(H,28,29). The highest BCUT2D eigenvalue weighted by Crippen LogP contribution is 2.32. The van der Waals surface area contributed by atoms with E-state index in [9.17, 15) is 26.4 Å². The van der Waals surface area contributed by atoms with Crippen LogP contribution in [0, 0.1) is 0 Å². The molecule has 0 radical (unpaired) electrons. The Morgan fingerprint density at radius 2 is 1.88 bits per heavy atom. The molecule has 1 aromatic carbocycles. The van der Waals surface area contributed by atoms with Crippen LogP contribution in [0.2, 0.25) is 0 Å². The normalized spacial score (nSPS) is 15.1. The molecule has 1 aliphatic carbocycles. The minimum absolute atomic E-state index is 0.258. The van der Waals surface area contributed by atoms with Crippen molar-refractivity contribution in [2.75, 3.05) is 4.72 Å². The third-order valence-corrected chi connectivity index (χ3v) is 8.06. The van der Waals surface area contributed by atoms with Crippen LogP contribution >= 0.6 is 11.3 Å². The highest BCUT2D eigenvalue weighted by Gasteiger charge is 2.36. The number of pyridine rings is 1. The summed E-state index contributed by atoms with van der Waals surface area (Å²) in [4.78, 5) is 20.7. The van der Waals surface area contributed by atoms with Crippen LogP contribution in [0.15, 0.2) is 48.1 Å². The van der Waals surface area contributed by atoms with E-state index in [2.05, 4.69) is 20.0 Å². The number of anilines is 1. The number of nitrogens with one attached hydrogen (secondary N) is 2. The Labute approximate surface area is 198 Å². The molecule has 12 heteroatoms. The van der Waals surface area contributed by atoms with Gasteiger partial charge < -0.3 is 5.32 Å². The molecule has 2 heterocycles. The lowest BCUT2D eigenvalue weighted by atomic mass is 10.0. The number of thiazole rings is 1. The molecule has 34 heavy (non-hydrogen) atoms. The maximum Gasteiger partial charge on any atom is 0.417 e. The molecule has 3 aromatic rings. The van der Waals surface area contributed by atoms with Crippen molar-refractivity contribution >= 4 is 32.4 Å². The van der Waals surface area contributed by atoms with Crippen LogP contribution in [-0.2, 0) is 16.2 Å². The first-order chi connectivity index (χ1) is 16.1. The molecular weight excluding hydrogens is 489 g/mol. The van der Waals surface area contributed by atoms with Crippen LogP contribution in [-0.4, -0.2) is 29.5 Å². The maximum absolute atomic E-state index is 12.9. The van der Waals surface area contributed by atoms with Gasteiger partial charge in [0.05, 0.1) is 22.5 Å². The molecule has 7 nitrogen and oxygen atoms in total. The van der Waals surface area contributed by atoms with E-state index in [4.69, 9.17) is 0 Å². The van der Waals surface area contributed by atoms with Gasteiger partial charge >= 0.3 is 6.18 Å². The second-order valence-corrected chi connectivity index (χ2v) is 10.7. The van der Waals surface area contributed by atoms with E-state index in [1.807, 2.05) is 6.92 Å². The summed E-state index contributed by atoms with van der Waals surface area (Å²) in [6, 6.07) is 6.73. The van der Waals surface area contributed by atoms with E-state index in [0.717, 1.165) is 23.6 Å². The molecule has 0 saturated heterocycles. The molecule has 2 aromatic heterocycles. The lowest BCUT2D eigenvalue weighted by Gasteiger charge is -2.15. The molecule has 1 saturated carbocycles. The summed E-state index contributed by atoms with van der Waals surface area (Å²) in [6.45, 7) is 1.86. The van der Waals surface area contributed by atoms with Gasteiger partial charge in [0.15, 0.2) is 5.13 Å². The minimum Gasteiger partial charge on any atom is -0.344 e. The lowest BCUT2D eigenvalue weighted by Crippen LogP contribution is -2.28. The summed E-state index contributed by atoms with van der Waals surface area (Å²) >= 11 is 1.15. The quantitative estimate of drug-likeness (QED) is 0.444. The number of nitrogens with zero attached hydrogens (tertiary/aromatic N) is 2. The molecule has 1 amide bonds. The number of halogens is 3. The summed E-state index contributed by atoms with van der Waals surface area (Å²) in [5.41, 5.74) is 0.804. The second kappa shape index (κ2) is 9.34. The molecule has 1 unspecified atom stereocenters. The van der Waals surface area contributed by atoms with Crippen molar-refractivity contribution in [1.29, 1.82) is 0 Å². The van der Waals surface area contributed by atoms with Crippen LogP contribution in [0.4, 0.5) is 18.3 Å². The molecule has 1 fully saturated rings. The predicted octanol–water partition coefficient (Wildman–Crippen LogP) is 5.01. The maximum atomic E-state index is 12.9. The molecule has 180 valence electrons. The first kappa shape index (κ1) is 24.1. The first-order valence-electron chi connectivity index (χ1n) is 10.5. The Kier molecular flexibility index (Phi) is 6.63. The van der Waals surface area contributed by atoms with Gasteiger partial charge in [0.1, 0.15) is 0 Å². The van der Waals surface area contributed by atoms with E-state index >= 15 is 0 Å². The molecule has 1 aliphatic rings. The fraction of sp³-hybridized carbons (Fsp3) is 0.318. The predicted molar refractivity (Wildman–Crippen MR) is 123 cm³/mol. The van der Waals surface area contributed by atoms with Gasteiger partial charge in [-0.05, 0) is 43.0 Å². The number of rotatable bonds is 8. The SMILES string of the molecule is CCC(NC(=O)c1ccc(-c2cncc(C(F)(F)F)c2)cc1)c1csc(NS(=O)(=O)C2CC2)n1. The number of benzene rings is 1. The Morgan fingerprint density at radius 3 is 2.50 bits per heavy atom. The second-order valence-electron chi connectivity index (χ2n) is 7.90. The summed E-state index contributed by atoms with van der Waals surface area (Å²) in [7, 11) is -3.42. The number of hydrogen-bond donors (Lipinski definition) is 2. The van der Waals surface area contributed by atoms with Crippen molar-refractivity contribution < 1.29 is 26.4 Å². The molecule has 1 atom stereocenters. The van der Waals surface area contributed by atoms with Crippen molar-refractivity contribution in [3.8, 4) is 11.1 Å². The van der Waals surface area contributed by atoms with E-state index in [1.165, 1.54) is 18.3 Å². The first-order valence-corrected chi connectivity index (χ1v) is 12.9. The number of hydrogen-bond acceptors (Lipinski definition) is 6. The molecule has 0 aliphatic heterocycles. The number of carbonyl (C=O) groups is 1. The summed E-state index contributed by atoms with van der Waals surface area (Å²) < 4.78 is 65.5. The van der Waals surface area contributed by atoms with Gasteiger partial charge in [-0.2, -0.15) is 13.2 Å². The molecule has 0 bridgehead atoms. The third kappa shape index (κ3) is 5.55. The fourth-order valence-corrected chi connectivity index (χ4v) is 5.63. The number of amides is 1. The zero-order chi connectivity index (χ0) is 24.5. The highest BCUT2D eigenvalue weighted by atomic mass is 32.2. The smallest absolute Gasteiger partial charge is 0.344 e. The van der Waals surface area contributed by atoms with Gasteiger partial charge in [-0.1, -0.05) is 19.1 Å². The van der Waals surface area contributed by atoms with Gasteiger partial charge in [-0.3, -0.25) is 14.5 Å². The zero-order valence-electron chi connectivity index (χ0n) is 18.0. The van der Waals surface area contributed by atoms with Gasteiger partial charge in [-0.25, -0.2) is 13.4 Å². The van der Waals surface area contributed by atoms with E-state index in [0.29, 0.717) is 36.1 Å². The van der Waals surface area contributed by atoms with Gasteiger partial charge in [-0.15, -0.1) is 11.3 Å². The molecule has 2 N–H and O–H groups in total. The van der Waals surface area contributed by atoms with Crippen LogP contribution in [0.5, 0.6) is 0 Å². The largest absolute Gasteiger partial charge is 0.417 e. The Bertz CT molecular complexity index is 1290. The monoisotopic (exact) mass is 510 g/mol. The van der Waals surface area contributed by atoms with Crippen molar-refractivity contribution in [2.45, 2.75) is 43.7 Å². The Hall–Kier alpha value is -2.99. The summed E-state index contributed by atoms with van der Waals surface area (Å²) in [6.07, 6.45) is -0.594. The van der Waals surface area contributed by atoms with Gasteiger partial charge in [0, 0.05) is 28.9 Å². The van der Waals surface area contributed by atoms with Crippen LogP contribution in [0.25, 0.3) is 11.1 Å². The highest BCUT2D eigenvalue weighted by molar-refractivity contribution is 7.93. The number of alkyl halides is 3. The Morgan fingerprint density at radius 1 is 1.18 bits per heavy atom. The van der Waals surface area contributed by atoms with Crippen molar-refractivity contribution in [2.24, 2.45) is 0 Å². The van der Waals surface area contributed by atoms with Crippen molar-refractivity contribution in [3.63, 3.8) is 0 Å². The fourth-order valence-electron chi connectivity index (χ4n) is 3.27. The Balaban J connectivity index is 1.44. The number of aromatic nitrogens is 2. The van der Waals surface area contributed by atoms with E-state index in [1.54, 1.807) is 17.5 Å². The molecule has 0 spiro atoms. The summed E-state index contributed by atoms with van der Waals surface area (Å²) in [5.74, 6) is -0.381. The number of sulfonamides is 1. The summed E-state index contributed by atoms with van der Waals surface area (Å²) in [5, 5.41) is 4.46. The van der Waals surface area contributed by atoms with Gasteiger partial charge in [0.2, 0.25) is 10.0 Å². The van der Waals surface area contributed by atoms with Crippen LogP contribution in [0.1, 0.15) is 53.8 Å². The zero-order valence-corrected chi connectivity index (χ0v) is 19.6. The van der Waals surface area contributed by atoms with Crippen LogP contribution in [0.3, 0.4) is 0 Å². The van der Waals surface area contributed by atoms with Crippen LogP contribution < -0.4 is 10.0 Å². The van der Waals surface area contributed by atoms with Gasteiger partial charge in [0.25, 0.3) is 5.91 Å². The molecular formula is C22H21F3N4O3S2. The average Bonchev–Trinajstić information content (AvgIpc) is 3.58. The minimum atomic E-state index is -4.49. The van der Waals surface area contributed by atoms with E-state index < -0.39 is 27.8 Å². The van der Waals surface area contributed by atoms with E-state index in [-0.39, 0.29) is 21.9 Å². The third-order valence-electron chi connectivity index (χ3n) is 5.33. The molecule has 4 rings (SSSR count).